The van der Waals surface area contributed by atoms with Crippen LogP contribution in [0.5, 0.6) is 0 Å². The van der Waals surface area contributed by atoms with Crippen LogP contribution in [0.15, 0.2) is 42.5 Å². The summed E-state index contributed by atoms with van der Waals surface area (Å²) in [5, 5.41) is 2.75. The Hall–Kier alpha value is -2.67. The molecule has 0 saturated carbocycles. The van der Waals surface area contributed by atoms with Crippen molar-refractivity contribution in [3.05, 3.63) is 59.2 Å². The highest BCUT2D eigenvalue weighted by atomic mass is 32.2. The molecule has 1 heterocycles. The maximum atomic E-state index is 12.6. The molecule has 2 amide bonds. The summed E-state index contributed by atoms with van der Waals surface area (Å²) in [4.78, 5) is 28.8. The first-order valence-electron chi connectivity index (χ1n) is 10.7. The maximum Gasteiger partial charge on any atom is 0.237 e. The third-order valence-electron chi connectivity index (χ3n) is 5.77. The molecule has 1 aliphatic heterocycles. The molecule has 1 N–H and O–H groups in total. The fraction of sp³-hybridized carbons (Fsp3) is 0.417. The molecule has 0 spiro atoms. The van der Waals surface area contributed by atoms with Crippen LogP contribution in [0, 0.1) is 13.8 Å². The van der Waals surface area contributed by atoms with Crippen molar-refractivity contribution < 1.29 is 13.8 Å². The van der Waals surface area contributed by atoms with Crippen molar-refractivity contribution >= 4 is 34.0 Å². The van der Waals surface area contributed by atoms with E-state index in [0.29, 0.717) is 18.8 Å². The Bertz CT molecular complexity index is 951. The van der Waals surface area contributed by atoms with Crippen molar-refractivity contribution in [1.29, 1.82) is 0 Å². The predicted octanol–water partition coefficient (Wildman–Crippen LogP) is 2.90. The summed E-state index contributed by atoms with van der Waals surface area (Å²) < 4.78 is 12.4. The van der Waals surface area contributed by atoms with Crippen LogP contribution in [-0.2, 0) is 26.8 Å². The topological polar surface area (TPSA) is 69.7 Å². The monoisotopic (exact) mass is 441 g/mol. The highest BCUT2D eigenvalue weighted by Crippen LogP contribution is 2.23. The van der Waals surface area contributed by atoms with E-state index in [4.69, 9.17) is 0 Å². The number of piperazine rings is 1. The minimum atomic E-state index is -1.53. The van der Waals surface area contributed by atoms with Crippen molar-refractivity contribution in [2.75, 3.05) is 47.9 Å². The van der Waals surface area contributed by atoms with Crippen LogP contribution < -0.4 is 10.2 Å². The number of rotatable bonds is 7. The number of hydrogen-bond donors (Lipinski definition) is 1. The predicted molar refractivity (Wildman–Crippen MR) is 127 cm³/mol. The number of anilines is 2. The summed E-state index contributed by atoms with van der Waals surface area (Å²) in [7, 11) is -1.53. The van der Waals surface area contributed by atoms with Gasteiger partial charge in [0.2, 0.25) is 11.8 Å². The lowest BCUT2D eigenvalue weighted by molar-refractivity contribution is -0.128. The number of carbonyl (C=O) groups is 2. The zero-order valence-electron chi connectivity index (χ0n) is 18.5. The smallest absolute Gasteiger partial charge is 0.237 e. The van der Waals surface area contributed by atoms with Gasteiger partial charge < -0.3 is 15.1 Å². The molecular weight excluding hydrogens is 410 g/mol. The Balaban J connectivity index is 1.45. The Morgan fingerprint density at radius 3 is 2.29 bits per heavy atom. The van der Waals surface area contributed by atoms with Gasteiger partial charge in [0.15, 0.2) is 0 Å². The summed E-state index contributed by atoms with van der Waals surface area (Å²) in [6.45, 7) is 8.97. The van der Waals surface area contributed by atoms with Gasteiger partial charge >= 0.3 is 0 Å². The van der Waals surface area contributed by atoms with E-state index in [1.54, 1.807) is 4.90 Å². The number of aryl methyl sites for hydroxylation is 2. The zero-order valence-corrected chi connectivity index (χ0v) is 19.3. The van der Waals surface area contributed by atoms with Gasteiger partial charge in [0, 0.05) is 48.4 Å². The summed E-state index contributed by atoms with van der Waals surface area (Å²) in [5.41, 5.74) is 5.59. The standard InChI is InChI=1S/C24H31N3O3S/c1-4-20-8-10-21(11-9-20)25-23(28)16-31(30)17-24(29)27-14-12-26(13-15-27)22-7-5-6-18(2)19(22)3/h5-11H,4,12-17H2,1-3H3,(H,25,28). The summed E-state index contributed by atoms with van der Waals surface area (Å²) in [6, 6.07) is 13.8. The van der Waals surface area contributed by atoms with Crippen LogP contribution >= 0.6 is 0 Å². The molecule has 1 atom stereocenters. The Labute approximate surface area is 187 Å². The van der Waals surface area contributed by atoms with E-state index < -0.39 is 10.8 Å². The molecule has 166 valence electrons. The van der Waals surface area contributed by atoms with Crippen molar-refractivity contribution in [2.24, 2.45) is 0 Å². The Morgan fingerprint density at radius 2 is 1.65 bits per heavy atom. The van der Waals surface area contributed by atoms with Gasteiger partial charge in [0.1, 0.15) is 11.5 Å². The van der Waals surface area contributed by atoms with E-state index in [1.807, 2.05) is 24.3 Å². The summed E-state index contributed by atoms with van der Waals surface area (Å²) >= 11 is 0. The zero-order chi connectivity index (χ0) is 22.4. The third kappa shape index (κ3) is 6.17. The fourth-order valence-electron chi connectivity index (χ4n) is 3.72. The van der Waals surface area contributed by atoms with Crippen molar-refractivity contribution in [3.8, 4) is 0 Å². The molecule has 3 rings (SSSR count). The first kappa shape index (κ1) is 23.0. The van der Waals surface area contributed by atoms with Crippen LogP contribution in [-0.4, -0.2) is 58.6 Å². The molecular formula is C24H31N3O3S. The van der Waals surface area contributed by atoms with Crippen molar-refractivity contribution in [1.82, 2.24) is 4.90 Å². The van der Waals surface area contributed by atoms with Crippen LogP contribution in [0.4, 0.5) is 11.4 Å². The van der Waals surface area contributed by atoms with Gasteiger partial charge in [-0.25, -0.2) is 0 Å². The van der Waals surface area contributed by atoms with Gasteiger partial charge in [0.05, 0.1) is 0 Å². The summed E-state index contributed by atoms with van der Waals surface area (Å²) in [6.07, 6.45) is 0.930. The molecule has 0 aliphatic carbocycles. The van der Waals surface area contributed by atoms with Gasteiger partial charge in [-0.3, -0.25) is 13.8 Å². The van der Waals surface area contributed by atoms with E-state index in [0.717, 1.165) is 19.5 Å². The number of amides is 2. The number of benzene rings is 2. The van der Waals surface area contributed by atoms with Gasteiger partial charge in [-0.15, -0.1) is 0 Å². The molecule has 31 heavy (non-hydrogen) atoms. The van der Waals surface area contributed by atoms with Crippen LogP contribution in [0.25, 0.3) is 0 Å². The number of nitrogens with zero attached hydrogens (tertiary/aromatic N) is 2. The highest BCUT2D eigenvalue weighted by Gasteiger charge is 2.24. The highest BCUT2D eigenvalue weighted by molar-refractivity contribution is 7.86. The second kappa shape index (κ2) is 10.6. The Morgan fingerprint density at radius 1 is 0.968 bits per heavy atom. The van der Waals surface area contributed by atoms with Crippen LogP contribution in [0.1, 0.15) is 23.6 Å². The first-order valence-corrected chi connectivity index (χ1v) is 12.2. The minimum Gasteiger partial charge on any atom is -0.368 e. The molecule has 2 aromatic rings. The molecule has 1 aliphatic rings. The van der Waals surface area contributed by atoms with E-state index in [2.05, 4.69) is 49.2 Å². The second-order valence-electron chi connectivity index (χ2n) is 7.91. The fourth-order valence-corrected chi connectivity index (χ4v) is 4.65. The number of nitrogens with one attached hydrogen (secondary N) is 1. The first-order chi connectivity index (χ1) is 14.9. The van der Waals surface area contributed by atoms with Gasteiger partial charge in [-0.1, -0.05) is 31.2 Å². The lowest BCUT2D eigenvalue weighted by Gasteiger charge is -2.37. The molecule has 0 bridgehead atoms. The number of carbonyl (C=O) groups excluding carboxylic acids is 2. The number of hydrogen-bond acceptors (Lipinski definition) is 4. The largest absolute Gasteiger partial charge is 0.368 e. The average Bonchev–Trinajstić information content (AvgIpc) is 2.76. The average molecular weight is 442 g/mol. The van der Waals surface area contributed by atoms with E-state index in [1.165, 1.54) is 22.4 Å². The molecule has 0 aromatic heterocycles. The SMILES string of the molecule is CCc1ccc(NC(=O)CS(=O)CC(=O)N2CCN(c3cccc(C)c3C)CC2)cc1. The molecule has 1 fully saturated rings. The molecule has 7 heteroatoms. The molecule has 0 radical (unpaired) electrons. The Kier molecular flexibility index (Phi) is 7.85. The maximum absolute atomic E-state index is 12.6. The lowest BCUT2D eigenvalue weighted by atomic mass is 10.1. The van der Waals surface area contributed by atoms with E-state index in [-0.39, 0.29) is 23.3 Å². The van der Waals surface area contributed by atoms with Gasteiger partial charge in [0.25, 0.3) is 0 Å². The lowest BCUT2D eigenvalue weighted by Crippen LogP contribution is -2.50. The summed E-state index contributed by atoms with van der Waals surface area (Å²) in [5.74, 6) is -0.788. The van der Waals surface area contributed by atoms with Crippen LogP contribution in [0.3, 0.4) is 0 Å². The molecule has 1 saturated heterocycles. The minimum absolute atomic E-state index is 0.119. The van der Waals surface area contributed by atoms with Crippen molar-refractivity contribution in [3.63, 3.8) is 0 Å². The van der Waals surface area contributed by atoms with Gasteiger partial charge in [-0.05, 0) is 55.2 Å². The molecule has 2 aromatic carbocycles. The molecule has 6 nitrogen and oxygen atoms in total. The molecule has 1 unspecified atom stereocenters. The quantitative estimate of drug-likeness (QED) is 0.717. The van der Waals surface area contributed by atoms with Crippen molar-refractivity contribution in [2.45, 2.75) is 27.2 Å². The van der Waals surface area contributed by atoms with E-state index >= 15 is 0 Å². The van der Waals surface area contributed by atoms with Crippen LogP contribution in [0.2, 0.25) is 0 Å². The third-order valence-corrected chi connectivity index (χ3v) is 6.92. The van der Waals surface area contributed by atoms with Gasteiger partial charge in [-0.2, -0.15) is 0 Å². The normalized spacial score (nSPS) is 14.9. The second-order valence-corrected chi connectivity index (χ2v) is 9.37. The van der Waals surface area contributed by atoms with E-state index in [9.17, 15) is 13.8 Å².